The van der Waals surface area contributed by atoms with Crippen molar-refractivity contribution in [3.63, 3.8) is 0 Å². The Kier molecular flexibility index (Phi) is 6.99. The molecule has 7 heteroatoms. The molecule has 0 aliphatic rings. The zero-order valence-electron chi connectivity index (χ0n) is 11.9. The molecule has 4 N–H and O–H groups in total. The van der Waals surface area contributed by atoms with Crippen LogP contribution < -0.4 is 16.4 Å². The second-order valence-electron chi connectivity index (χ2n) is 5.28. The first-order chi connectivity index (χ1) is 8.79. The Bertz CT molecular complexity index is 454. The molecule has 0 spiro atoms. The molecule has 6 nitrogen and oxygen atoms in total. The third-order valence-corrected chi connectivity index (χ3v) is 2.39. The van der Waals surface area contributed by atoms with E-state index in [0.29, 0.717) is 18.1 Å². The van der Waals surface area contributed by atoms with E-state index >= 15 is 0 Å². The number of amides is 2. The number of hydrogen-bond donors (Lipinski definition) is 3. The predicted octanol–water partition coefficient (Wildman–Crippen LogP) is 1.58. The zero-order chi connectivity index (χ0) is 14.5. The van der Waals surface area contributed by atoms with E-state index in [9.17, 15) is 9.59 Å². The molecule has 2 amide bonds. The van der Waals surface area contributed by atoms with Gasteiger partial charge in [-0.1, -0.05) is 20.8 Å². The van der Waals surface area contributed by atoms with Gasteiger partial charge in [0.25, 0.3) is 0 Å². The molecule has 0 aliphatic carbocycles. The Balaban J connectivity index is 0.00000361. The predicted molar refractivity (Wildman–Crippen MR) is 81.6 cm³/mol. The maximum atomic E-state index is 11.6. The highest BCUT2D eigenvalue weighted by Gasteiger charge is 2.20. The maximum Gasteiger partial charge on any atom is 0.226 e. The van der Waals surface area contributed by atoms with E-state index < -0.39 is 5.41 Å². The van der Waals surface area contributed by atoms with Crippen molar-refractivity contribution in [3.8, 4) is 0 Å². The number of nitrogens with one attached hydrogen (secondary N) is 2. The highest BCUT2D eigenvalue weighted by Crippen LogP contribution is 2.12. The summed E-state index contributed by atoms with van der Waals surface area (Å²) < 4.78 is 0. The van der Waals surface area contributed by atoms with Gasteiger partial charge in [0.2, 0.25) is 11.8 Å². The van der Waals surface area contributed by atoms with Gasteiger partial charge in [0.15, 0.2) is 0 Å². The van der Waals surface area contributed by atoms with Crippen molar-refractivity contribution in [2.75, 3.05) is 17.6 Å². The molecule has 1 heterocycles. The first-order valence-electron chi connectivity index (χ1n) is 6.09. The van der Waals surface area contributed by atoms with E-state index in [1.807, 2.05) is 20.8 Å². The lowest BCUT2D eigenvalue weighted by Gasteiger charge is -2.17. The van der Waals surface area contributed by atoms with E-state index in [0.717, 1.165) is 0 Å². The maximum absolute atomic E-state index is 11.6. The SMILES string of the molecule is CC(C)(C)C(=O)NCCC(=O)Nc1ccc(N)nc1.Cl. The summed E-state index contributed by atoms with van der Waals surface area (Å²) >= 11 is 0. The van der Waals surface area contributed by atoms with Crippen LogP contribution in [0, 0.1) is 5.41 Å². The molecule has 0 bridgehead atoms. The number of anilines is 2. The minimum Gasteiger partial charge on any atom is -0.384 e. The van der Waals surface area contributed by atoms with Crippen molar-refractivity contribution in [3.05, 3.63) is 18.3 Å². The number of aromatic nitrogens is 1. The summed E-state index contributed by atoms with van der Waals surface area (Å²) in [7, 11) is 0. The Morgan fingerprint density at radius 2 is 1.95 bits per heavy atom. The summed E-state index contributed by atoms with van der Waals surface area (Å²) in [4.78, 5) is 27.0. The van der Waals surface area contributed by atoms with Gasteiger partial charge in [0, 0.05) is 18.4 Å². The van der Waals surface area contributed by atoms with E-state index in [1.165, 1.54) is 6.20 Å². The first-order valence-corrected chi connectivity index (χ1v) is 6.09. The monoisotopic (exact) mass is 300 g/mol. The van der Waals surface area contributed by atoms with Crippen LogP contribution in [-0.4, -0.2) is 23.3 Å². The summed E-state index contributed by atoms with van der Waals surface area (Å²) in [5.74, 6) is 0.144. The smallest absolute Gasteiger partial charge is 0.226 e. The van der Waals surface area contributed by atoms with Gasteiger partial charge in [-0.3, -0.25) is 9.59 Å². The number of carbonyl (C=O) groups is 2. The molecule has 0 saturated heterocycles. The summed E-state index contributed by atoms with van der Waals surface area (Å²) in [5.41, 5.74) is 5.58. The summed E-state index contributed by atoms with van der Waals surface area (Å²) in [6.45, 7) is 5.78. The van der Waals surface area contributed by atoms with Gasteiger partial charge in [-0.05, 0) is 12.1 Å². The van der Waals surface area contributed by atoms with Crippen molar-refractivity contribution < 1.29 is 9.59 Å². The fraction of sp³-hybridized carbons (Fsp3) is 0.462. The molecule has 0 unspecified atom stereocenters. The fourth-order valence-electron chi connectivity index (χ4n) is 1.26. The van der Waals surface area contributed by atoms with E-state index in [1.54, 1.807) is 12.1 Å². The molecule has 0 atom stereocenters. The van der Waals surface area contributed by atoms with Crippen molar-refractivity contribution in [1.82, 2.24) is 10.3 Å². The first kappa shape index (κ1) is 18.2. The van der Waals surface area contributed by atoms with Crippen LogP contribution in [0.15, 0.2) is 18.3 Å². The zero-order valence-corrected chi connectivity index (χ0v) is 12.7. The number of pyridine rings is 1. The second kappa shape index (κ2) is 7.69. The Hall–Kier alpha value is -1.82. The average molecular weight is 301 g/mol. The van der Waals surface area contributed by atoms with Gasteiger partial charge in [0.1, 0.15) is 5.82 Å². The van der Waals surface area contributed by atoms with Crippen molar-refractivity contribution >= 4 is 35.7 Å². The summed E-state index contributed by atoms with van der Waals surface area (Å²) in [6, 6.07) is 3.28. The Labute approximate surface area is 124 Å². The van der Waals surface area contributed by atoms with Crippen LogP contribution in [0.4, 0.5) is 11.5 Å². The van der Waals surface area contributed by atoms with Crippen LogP contribution in [0.5, 0.6) is 0 Å². The average Bonchev–Trinajstić information content (AvgIpc) is 2.31. The number of halogens is 1. The van der Waals surface area contributed by atoms with Crippen molar-refractivity contribution in [1.29, 1.82) is 0 Å². The van der Waals surface area contributed by atoms with Crippen LogP contribution >= 0.6 is 12.4 Å². The summed E-state index contributed by atoms with van der Waals surface area (Å²) in [5, 5.41) is 5.39. The standard InChI is InChI=1S/C13H20N4O2.ClH/c1-13(2,3)12(19)15-7-6-11(18)17-9-4-5-10(14)16-8-9;/h4-5,8H,6-7H2,1-3H3,(H2,14,16)(H,15,19)(H,17,18);1H. The van der Waals surface area contributed by atoms with Crippen LogP contribution in [0.2, 0.25) is 0 Å². The third-order valence-electron chi connectivity index (χ3n) is 2.39. The van der Waals surface area contributed by atoms with E-state index in [4.69, 9.17) is 5.73 Å². The van der Waals surface area contributed by atoms with Gasteiger partial charge in [-0.15, -0.1) is 12.4 Å². The number of nitrogens with two attached hydrogens (primary N) is 1. The topological polar surface area (TPSA) is 97.1 Å². The normalized spacial score (nSPS) is 10.3. The van der Waals surface area contributed by atoms with Gasteiger partial charge in [0.05, 0.1) is 11.9 Å². The highest BCUT2D eigenvalue weighted by molar-refractivity contribution is 5.91. The minimum atomic E-state index is -0.447. The molecule has 0 fully saturated rings. The lowest BCUT2D eigenvalue weighted by Crippen LogP contribution is -2.36. The largest absolute Gasteiger partial charge is 0.384 e. The molecule has 1 rings (SSSR count). The van der Waals surface area contributed by atoms with Gasteiger partial charge >= 0.3 is 0 Å². The lowest BCUT2D eigenvalue weighted by atomic mass is 9.96. The number of nitrogens with zero attached hydrogens (tertiary/aromatic N) is 1. The molecule has 0 saturated carbocycles. The van der Waals surface area contributed by atoms with Crippen molar-refractivity contribution in [2.45, 2.75) is 27.2 Å². The fourth-order valence-corrected chi connectivity index (χ4v) is 1.26. The minimum absolute atomic E-state index is 0. The van der Waals surface area contributed by atoms with E-state index in [-0.39, 0.29) is 30.6 Å². The number of rotatable bonds is 4. The molecule has 0 aromatic carbocycles. The van der Waals surface area contributed by atoms with E-state index in [2.05, 4.69) is 15.6 Å². The van der Waals surface area contributed by atoms with Crippen LogP contribution in [0.1, 0.15) is 27.2 Å². The van der Waals surface area contributed by atoms with Crippen LogP contribution in [0.25, 0.3) is 0 Å². The second-order valence-corrected chi connectivity index (χ2v) is 5.28. The quantitative estimate of drug-likeness (QED) is 0.786. The number of nitrogen functional groups attached to an aromatic ring is 1. The summed E-state index contributed by atoms with van der Waals surface area (Å²) in [6.07, 6.45) is 1.70. The molecule has 112 valence electrons. The van der Waals surface area contributed by atoms with Crippen molar-refractivity contribution in [2.24, 2.45) is 5.41 Å². The molecule has 0 radical (unpaired) electrons. The molecule has 20 heavy (non-hydrogen) atoms. The molecular weight excluding hydrogens is 280 g/mol. The Morgan fingerprint density at radius 3 is 2.45 bits per heavy atom. The molecule has 1 aromatic heterocycles. The molecule has 1 aromatic rings. The van der Waals surface area contributed by atoms with Gasteiger partial charge in [-0.2, -0.15) is 0 Å². The molecular formula is C13H21ClN4O2. The van der Waals surface area contributed by atoms with Gasteiger partial charge < -0.3 is 16.4 Å². The third kappa shape index (κ3) is 6.38. The number of hydrogen-bond acceptors (Lipinski definition) is 4. The van der Waals surface area contributed by atoms with Gasteiger partial charge in [-0.25, -0.2) is 4.98 Å². The van der Waals surface area contributed by atoms with Crippen LogP contribution in [0.3, 0.4) is 0 Å². The van der Waals surface area contributed by atoms with Crippen LogP contribution in [-0.2, 0) is 9.59 Å². The molecule has 0 aliphatic heterocycles. The Morgan fingerprint density at radius 1 is 1.30 bits per heavy atom. The number of carbonyl (C=O) groups excluding carboxylic acids is 2. The highest BCUT2D eigenvalue weighted by atomic mass is 35.5. The lowest BCUT2D eigenvalue weighted by molar-refractivity contribution is -0.128.